The second-order valence-corrected chi connectivity index (χ2v) is 4.27. The van der Waals surface area contributed by atoms with E-state index < -0.39 is 0 Å². The molecule has 0 radical (unpaired) electrons. The van der Waals surface area contributed by atoms with Crippen molar-refractivity contribution in [2.75, 3.05) is 0 Å². The van der Waals surface area contributed by atoms with Crippen LogP contribution >= 0.6 is 0 Å². The van der Waals surface area contributed by atoms with Crippen LogP contribution in [0, 0.1) is 0 Å². The van der Waals surface area contributed by atoms with Crippen LogP contribution in [-0.4, -0.2) is 5.78 Å². The number of carbonyl (C=O) groups excluding carboxylic acids is 1. The molecule has 0 rings (SSSR count). The van der Waals surface area contributed by atoms with Crippen molar-refractivity contribution < 1.29 is 4.79 Å². The summed E-state index contributed by atoms with van der Waals surface area (Å²) in [6.07, 6.45) is 17.8. The Hall–Kier alpha value is -0.850. The lowest BCUT2D eigenvalue weighted by Gasteiger charge is -1.92. The molecule has 0 amide bonds. The Labute approximate surface area is 101 Å². The van der Waals surface area contributed by atoms with Gasteiger partial charge in [0.25, 0.3) is 0 Å². The van der Waals surface area contributed by atoms with Gasteiger partial charge in [-0.05, 0) is 39.0 Å². The van der Waals surface area contributed by atoms with Gasteiger partial charge >= 0.3 is 0 Å². The van der Waals surface area contributed by atoms with Crippen LogP contribution in [0.3, 0.4) is 0 Å². The molecule has 0 atom stereocenters. The quantitative estimate of drug-likeness (QED) is 0.382. The minimum Gasteiger partial charge on any atom is -0.300 e. The maximum atomic E-state index is 10.7. The zero-order chi connectivity index (χ0) is 12.1. The van der Waals surface area contributed by atoms with Crippen LogP contribution in [0.25, 0.3) is 0 Å². The van der Waals surface area contributed by atoms with E-state index in [1.807, 2.05) is 0 Å². The Morgan fingerprint density at radius 3 is 2.12 bits per heavy atom. The van der Waals surface area contributed by atoms with E-state index in [-0.39, 0.29) is 0 Å². The molecule has 0 N–H and O–H groups in total. The highest BCUT2D eigenvalue weighted by atomic mass is 16.1. The van der Waals surface area contributed by atoms with Gasteiger partial charge < -0.3 is 4.79 Å². The summed E-state index contributed by atoms with van der Waals surface area (Å²) in [6.45, 7) is 3.89. The Bertz CT molecular complexity index is 213. The summed E-state index contributed by atoms with van der Waals surface area (Å²) in [4.78, 5) is 10.7. The lowest BCUT2D eigenvalue weighted by atomic mass is 10.1. The van der Waals surface area contributed by atoms with Crippen molar-refractivity contribution >= 4 is 5.78 Å². The van der Waals surface area contributed by atoms with E-state index in [0.29, 0.717) is 5.78 Å². The maximum absolute atomic E-state index is 10.7. The van der Waals surface area contributed by atoms with E-state index >= 15 is 0 Å². The van der Waals surface area contributed by atoms with Gasteiger partial charge in [0, 0.05) is 6.42 Å². The Morgan fingerprint density at radius 2 is 1.56 bits per heavy atom. The fraction of sp³-hybridized carbons (Fsp3) is 0.667. The van der Waals surface area contributed by atoms with Gasteiger partial charge in [-0.3, -0.25) is 0 Å². The topological polar surface area (TPSA) is 17.1 Å². The molecular weight excluding hydrogens is 196 g/mol. The number of unbranched alkanes of at least 4 members (excludes halogenated alkanes) is 4. The highest BCUT2D eigenvalue weighted by Crippen LogP contribution is 2.01. The molecule has 92 valence electrons. The summed E-state index contributed by atoms with van der Waals surface area (Å²) in [5.41, 5.74) is 0. The van der Waals surface area contributed by atoms with Crippen LogP contribution in [0.4, 0.5) is 0 Å². The summed E-state index contributed by atoms with van der Waals surface area (Å²) >= 11 is 0. The number of carbonyl (C=O) groups is 1. The van der Waals surface area contributed by atoms with Crippen molar-refractivity contribution in [1.29, 1.82) is 0 Å². The molecule has 0 aromatic carbocycles. The summed E-state index contributed by atoms with van der Waals surface area (Å²) in [5, 5.41) is 0. The van der Waals surface area contributed by atoms with Gasteiger partial charge in [0.2, 0.25) is 0 Å². The van der Waals surface area contributed by atoms with Gasteiger partial charge in [0.15, 0.2) is 0 Å². The second-order valence-electron chi connectivity index (χ2n) is 4.27. The van der Waals surface area contributed by atoms with Gasteiger partial charge in [-0.1, -0.05) is 44.1 Å². The monoisotopic (exact) mass is 222 g/mol. The summed E-state index contributed by atoms with van der Waals surface area (Å²) < 4.78 is 0. The van der Waals surface area contributed by atoms with E-state index in [1.165, 1.54) is 25.7 Å². The number of rotatable bonds is 10. The number of hydrogen-bond acceptors (Lipinski definition) is 1. The largest absolute Gasteiger partial charge is 0.300 e. The van der Waals surface area contributed by atoms with Crippen molar-refractivity contribution in [3.8, 4) is 0 Å². The Kier molecular flexibility index (Phi) is 11.6. The third-order valence-electron chi connectivity index (χ3n) is 2.48. The minimum absolute atomic E-state index is 0.296. The van der Waals surface area contributed by atoms with Crippen molar-refractivity contribution in [3.63, 3.8) is 0 Å². The first kappa shape index (κ1) is 15.2. The normalized spacial score (nSPS) is 11.6. The van der Waals surface area contributed by atoms with E-state index in [0.717, 1.165) is 25.7 Å². The first-order valence-corrected chi connectivity index (χ1v) is 6.56. The molecule has 0 aliphatic heterocycles. The first-order valence-electron chi connectivity index (χ1n) is 6.56. The fourth-order valence-corrected chi connectivity index (χ4v) is 1.49. The van der Waals surface area contributed by atoms with Crippen LogP contribution < -0.4 is 0 Å². The van der Waals surface area contributed by atoms with Gasteiger partial charge in [0.1, 0.15) is 5.78 Å². The number of Topliss-reactive ketones (excluding diaryl/α,β-unsaturated/α-hetero) is 1. The molecule has 0 fully saturated rings. The van der Waals surface area contributed by atoms with E-state index in [4.69, 9.17) is 0 Å². The second kappa shape index (κ2) is 12.2. The molecule has 0 bridgehead atoms. The molecule has 0 aromatic rings. The van der Waals surface area contributed by atoms with Crippen LogP contribution in [0.1, 0.15) is 65.2 Å². The number of hydrogen-bond donors (Lipinski definition) is 0. The van der Waals surface area contributed by atoms with Crippen molar-refractivity contribution in [3.05, 3.63) is 24.3 Å². The van der Waals surface area contributed by atoms with Crippen LogP contribution in [0.2, 0.25) is 0 Å². The van der Waals surface area contributed by atoms with Crippen LogP contribution in [0.5, 0.6) is 0 Å². The summed E-state index contributed by atoms with van der Waals surface area (Å²) in [6, 6.07) is 0. The van der Waals surface area contributed by atoms with Gasteiger partial charge in [-0.15, -0.1) is 0 Å². The fourth-order valence-electron chi connectivity index (χ4n) is 1.49. The van der Waals surface area contributed by atoms with E-state index in [1.54, 1.807) is 6.92 Å². The van der Waals surface area contributed by atoms with Gasteiger partial charge in [0.05, 0.1) is 0 Å². The zero-order valence-corrected chi connectivity index (χ0v) is 10.9. The first-order chi connectivity index (χ1) is 7.77. The van der Waals surface area contributed by atoms with Crippen LogP contribution in [0.15, 0.2) is 24.3 Å². The van der Waals surface area contributed by atoms with E-state index in [9.17, 15) is 4.79 Å². The van der Waals surface area contributed by atoms with Crippen LogP contribution in [-0.2, 0) is 4.79 Å². The molecule has 1 nitrogen and oxygen atoms in total. The molecule has 0 aromatic heterocycles. The lowest BCUT2D eigenvalue weighted by Crippen LogP contribution is -1.87. The molecule has 0 unspecified atom stereocenters. The van der Waals surface area contributed by atoms with E-state index in [2.05, 4.69) is 31.2 Å². The summed E-state index contributed by atoms with van der Waals surface area (Å²) in [7, 11) is 0. The third kappa shape index (κ3) is 13.2. The zero-order valence-electron chi connectivity index (χ0n) is 10.9. The maximum Gasteiger partial charge on any atom is 0.129 e. The molecular formula is C15H26O. The lowest BCUT2D eigenvalue weighted by molar-refractivity contribution is -0.117. The Balaban J connectivity index is 3.23. The average molecular weight is 222 g/mol. The molecule has 0 aliphatic rings. The molecule has 0 heterocycles. The molecule has 0 spiro atoms. The highest BCUT2D eigenvalue weighted by molar-refractivity contribution is 5.75. The molecule has 0 saturated carbocycles. The highest BCUT2D eigenvalue weighted by Gasteiger charge is 1.89. The number of allylic oxidation sites excluding steroid dienone is 4. The molecule has 16 heavy (non-hydrogen) atoms. The SMILES string of the molecule is CCCCCC=CCC=CCCCC(C)=O. The standard InChI is InChI=1S/C15H26O/c1-3-4-5-6-7-8-9-10-11-12-13-14-15(2)16/h7-8,10-11H,3-6,9,12-14H2,1-2H3. The smallest absolute Gasteiger partial charge is 0.129 e. The van der Waals surface area contributed by atoms with Crippen molar-refractivity contribution in [1.82, 2.24) is 0 Å². The van der Waals surface area contributed by atoms with Gasteiger partial charge in [-0.25, -0.2) is 0 Å². The molecule has 0 aliphatic carbocycles. The summed E-state index contributed by atoms with van der Waals surface area (Å²) in [5.74, 6) is 0.296. The average Bonchev–Trinajstić information content (AvgIpc) is 2.25. The Morgan fingerprint density at radius 1 is 0.938 bits per heavy atom. The predicted molar refractivity (Wildman–Crippen MR) is 71.6 cm³/mol. The minimum atomic E-state index is 0.296. The molecule has 1 heteroatoms. The van der Waals surface area contributed by atoms with Crippen molar-refractivity contribution in [2.45, 2.75) is 65.2 Å². The predicted octanol–water partition coefficient (Wildman–Crippen LogP) is 4.83. The third-order valence-corrected chi connectivity index (χ3v) is 2.48. The van der Waals surface area contributed by atoms with Crippen molar-refractivity contribution in [2.24, 2.45) is 0 Å². The molecule has 0 saturated heterocycles. The van der Waals surface area contributed by atoms with Gasteiger partial charge in [-0.2, -0.15) is 0 Å². The number of ketones is 1.